The molecule has 1 aliphatic heterocycles. The molecule has 228 valence electrons. The number of fused-ring (bicyclic) bond motifs is 1. The van der Waals surface area contributed by atoms with Crippen molar-refractivity contribution in [1.29, 1.82) is 0 Å². The molecule has 0 radical (unpaired) electrons. The van der Waals surface area contributed by atoms with E-state index in [2.05, 4.69) is 75.2 Å². The third-order valence-corrected chi connectivity index (χ3v) is 10.0. The van der Waals surface area contributed by atoms with E-state index in [1.165, 1.54) is 61.6 Å². The maximum absolute atomic E-state index is 12.6. The molecule has 0 amide bonds. The Balaban J connectivity index is 0.00000462. The zero-order chi connectivity index (χ0) is 28.6. The fourth-order valence-corrected chi connectivity index (χ4v) is 6.93. The Morgan fingerprint density at radius 1 is 0.976 bits per heavy atom. The van der Waals surface area contributed by atoms with Gasteiger partial charge >= 0.3 is 5.97 Å². The number of benzene rings is 2. The van der Waals surface area contributed by atoms with E-state index in [-0.39, 0.29) is 23.9 Å². The number of likely N-dealkylation sites (N-methyl/N-ethyl adjacent to an activating group) is 1. The molecule has 0 bridgehead atoms. The summed E-state index contributed by atoms with van der Waals surface area (Å²) in [5.74, 6) is 0.358. The number of rotatable bonds is 14. The molecule has 41 heavy (non-hydrogen) atoms. The lowest BCUT2D eigenvalue weighted by Gasteiger charge is -2.53. The second kappa shape index (κ2) is 15.8. The van der Waals surface area contributed by atoms with Crippen LogP contribution in [-0.2, 0) is 9.53 Å². The Morgan fingerprint density at radius 2 is 1.63 bits per heavy atom. The van der Waals surface area contributed by atoms with Crippen molar-refractivity contribution in [3.8, 4) is 0 Å². The summed E-state index contributed by atoms with van der Waals surface area (Å²) < 4.78 is 6.65. The average Bonchev–Trinajstić information content (AvgIpc) is 3.31. The van der Waals surface area contributed by atoms with Crippen molar-refractivity contribution in [3.63, 3.8) is 0 Å². The number of ether oxygens (including phenoxy) is 1. The fourth-order valence-electron chi connectivity index (χ4n) is 6.75. The Morgan fingerprint density at radius 3 is 2.29 bits per heavy atom. The number of nitrogens with zero attached hydrogens (tertiary/aromatic N) is 2. The molecule has 0 unspecified atom stereocenters. The van der Waals surface area contributed by atoms with Crippen LogP contribution in [0, 0.1) is 0 Å². The van der Waals surface area contributed by atoms with Gasteiger partial charge in [-0.3, -0.25) is 14.2 Å². The first-order chi connectivity index (χ1) is 19.2. The van der Waals surface area contributed by atoms with Gasteiger partial charge in [-0.2, -0.15) is 0 Å². The van der Waals surface area contributed by atoms with Gasteiger partial charge in [-0.1, -0.05) is 106 Å². The second-order valence-corrected chi connectivity index (χ2v) is 13.6. The van der Waals surface area contributed by atoms with Gasteiger partial charge in [0.2, 0.25) is 6.73 Å². The highest BCUT2D eigenvalue weighted by atomic mass is 35.5. The molecule has 4 rings (SSSR count). The number of carbonyl (C=O) groups is 1. The number of carbonyl (C=O) groups excluding carboxylic acids is 1. The van der Waals surface area contributed by atoms with Crippen molar-refractivity contribution >= 4 is 17.6 Å². The average molecular weight is 604 g/mol. The summed E-state index contributed by atoms with van der Waals surface area (Å²) in [6, 6.07) is 17.7. The van der Waals surface area contributed by atoms with Crippen molar-refractivity contribution in [3.05, 3.63) is 70.2 Å². The molecule has 1 aliphatic carbocycles. The lowest BCUT2D eigenvalue weighted by molar-refractivity contribution is -0.974. The molecule has 1 fully saturated rings. The van der Waals surface area contributed by atoms with Gasteiger partial charge < -0.3 is 17.1 Å². The van der Waals surface area contributed by atoms with Gasteiger partial charge in [-0.15, -0.1) is 0 Å². The molecule has 0 saturated carbocycles. The number of piperazine rings is 1. The van der Waals surface area contributed by atoms with Crippen LogP contribution in [0.4, 0.5) is 0 Å². The summed E-state index contributed by atoms with van der Waals surface area (Å²) in [5.41, 5.74) is 4.12. The van der Waals surface area contributed by atoms with Crippen LogP contribution in [0.1, 0.15) is 120 Å². The van der Waals surface area contributed by atoms with Gasteiger partial charge in [0, 0.05) is 29.9 Å². The van der Waals surface area contributed by atoms with Crippen LogP contribution in [0.25, 0.3) is 0 Å². The van der Waals surface area contributed by atoms with Gasteiger partial charge in [-0.05, 0) is 55.5 Å². The molecule has 2 aromatic rings. The van der Waals surface area contributed by atoms with Gasteiger partial charge in [0.1, 0.15) is 5.54 Å². The summed E-state index contributed by atoms with van der Waals surface area (Å²) in [6.07, 6.45) is 12.9. The zero-order valence-corrected chi connectivity index (χ0v) is 27.4. The van der Waals surface area contributed by atoms with E-state index in [4.69, 9.17) is 16.3 Å². The minimum atomic E-state index is -0.0418. The molecule has 4 nitrogen and oxygen atoms in total. The van der Waals surface area contributed by atoms with E-state index in [0.29, 0.717) is 25.1 Å². The Labute approximate surface area is 260 Å². The molecular formula is C35H52Cl2N2O2. The van der Waals surface area contributed by atoms with Crippen molar-refractivity contribution in [2.75, 3.05) is 33.4 Å². The number of hydrogen-bond acceptors (Lipinski definition) is 3. The van der Waals surface area contributed by atoms with E-state index in [9.17, 15) is 4.79 Å². The van der Waals surface area contributed by atoms with Crippen molar-refractivity contribution in [2.45, 2.75) is 109 Å². The standard InChI is InChI=1S/C35H52ClN2O2.ClH/c1-5-6-7-8-9-10-11-12-16-19-34(39)40-27-38(4)23-22-37(26-35(38,2)3)33-25-31(28-17-14-13-15-18-28)30-21-20-29(36)24-32(30)33;/h13-15,17-18,20-21,24,31,33H,5-12,16,19,22-23,25-27H2,1-4H3;1H/q+1;/p-1/t31-,33+,38+;/m0./s1. The van der Waals surface area contributed by atoms with Crippen molar-refractivity contribution in [2.24, 2.45) is 0 Å². The van der Waals surface area contributed by atoms with E-state index in [1.54, 1.807) is 0 Å². The first-order valence-electron chi connectivity index (χ1n) is 15.8. The minimum Gasteiger partial charge on any atom is -1.00 e. The Hall–Kier alpha value is -1.59. The topological polar surface area (TPSA) is 29.5 Å². The molecule has 1 heterocycles. The van der Waals surface area contributed by atoms with Crippen LogP contribution in [-0.4, -0.2) is 54.3 Å². The maximum Gasteiger partial charge on any atom is 0.310 e. The smallest absolute Gasteiger partial charge is 0.310 e. The lowest BCUT2D eigenvalue weighted by atomic mass is 9.92. The summed E-state index contributed by atoms with van der Waals surface area (Å²) in [5, 5.41) is 0.813. The zero-order valence-electron chi connectivity index (χ0n) is 25.8. The first-order valence-corrected chi connectivity index (χ1v) is 16.2. The fraction of sp³-hybridized carbons (Fsp3) is 0.629. The largest absolute Gasteiger partial charge is 1.00 e. The first kappa shape index (κ1) is 33.9. The number of halogens is 2. The molecule has 3 atom stereocenters. The summed E-state index contributed by atoms with van der Waals surface area (Å²) in [6.45, 7) is 10.3. The number of hydrogen-bond donors (Lipinski definition) is 0. The summed E-state index contributed by atoms with van der Waals surface area (Å²) in [4.78, 5) is 15.3. The van der Waals surface area contributed by atoms with E-state index >= 15 is 0 Å². The molecule has 1 saturated heterocycles. The highest BCUT2D eigenvalue weighted by molar-refractivity contribution is 6.30. The Kier molecular flexibility index (Phi) is 13.0. The van der Waals surface area contributed by atoms with Crippen molar-refractivity contribution < 1.29 is 26.4 Å². The SMILES string of the molecule is CCCCCCCCCCCC(=O)OC[N@@+]1(C)CCN([C@@H]2C[C@@H](c3ccccc3)c3ccc(Cl)cc32)CC1(C)C.[Cl-]. The highest BCUT2D eigenvalue weighted by Crippen LogP contribution is 2.48. The molecule has 6 heteroatoms. The van der Waals surface area contributed by atoms with E-state index in [0.717, 1.165) is 48.4 Å². The van der Waals surface area contributed by atoms with Gasteiger partial charge in [0.05, 0.1) is 20.1 Å². The van der Waals surface area contributed by atoms with E-state index < -0.39 is 0 Å². The minimum absolute atomic E-state index is 0. The molecule has 2 aliphatic rings. The third-order valence-electron chi connectivity index (χ3n) is 9.81. The van der Waals surface area contributed by atoms with Gasteiger partial charge in [-0.25, -0.2) is 0 Å². The van der Waals surface area contributed by atoms with Crippen LogP contribution >= 0.6 is 11.6 Å². The van der Waals surface area contributed by atoms with Crippen LogP contribution in [0.3, 0.4) is 0 Å². The second-order valence-electron chi connectivity index (χ2n) is 13.1. The van der Waals surface area contributed by atoms with Crippen LogP contribution in [0.15, 0.2) is 48.5 Å². The molecule has 0 aromatic heterocycles. The Bertz CT molecular complexity index is 1090. The number of unbranched alkanes of at least 4 members (excludes halogenated alkanes) is 8. The summed E-state index contributed by atoms with van der Waals surface area (Å²) in [7, 11) is 2.26. The number of quaternary nitrogens is 1. The highest BCUT2D eigenvalue weighted by Gasteiger charge is 2.49. The lowest BCUT2D eigenvalue weighted by Crippen LogP contribution is -3.00. The van der Waals surface area contributed by atoms with Gasteiger partial charge in [0.25, 0.3) is 0 Å². The number of esters is 1. The monoisotopic (exact) mass is 602 g/mol. The summed E-state index contributed by atoms with van der Waals surface area (Å²) >= 11 is 6.51. The van der Waals surface area contributed by atoms with Gasteiger partial charge in [0.15, 0.2) is 0 Å². The molecule has 0 spiro atoms. The van der Waals surface area contributed by atoms with Crippen LogP contribution < -0.4 is 12.4 Å². The van der Waals surface area contributed by atoms with Crippen LogP contribution in [0.5, 0.6) is 0 Å². The molecule has 2 aromatic carbocycles. The predicted octanol–water partition coefficient (Wildman–Crippen LogP) is 5.88. The van der Waals surface area contributed by atoms with E-state index in [1.807, 2.05) is 6.07 Å². The molecular weight excluding hydrogens is 551 g/mol. The van der Waals surface area contributed by atoms with Crippen molar-refractivity contribution in [1.82, 2.24) is 4.90 Å². The normalized spacial score (nSPS) is 23.5. The molecule has 0 N–H and O–H groups in total. The predicted molar refractivity (Wildman–Crippen MR) is 167 cm³/mol. The van der Waals surface area contributed by atoms with Crippen LogP contribution in [0.2, 0.25) is 5.02 Å². The quantitative estimate of drug-likeness (QED) is 0.153. The third kappa shape index (κ3) is 8.72. The maximum atomic E-state index is 12.6.